The Morgan fingerprint density at radius 2 is 1.96 bits per heavy atom. The van der Waals surface area contributed by atoms with Gasteiger partial charge in [-0.05, 0) is 37.1 Å². The summed E-state index contributed by atoms with van der Waals surface area (Å²) in [7, 11) is 0. The minimum Gasteiger partial charge on any atom is -0.493 e. The Kier molecular flexibility index (Phi) is 5.83. The maximum absolute atomic E-state index is 12.7. The van der Waals surface area contributed by atoms with Crippen molar-refractivity contribution in [3.63, 3.8) is 0 Å². The van der Waals surface area contributed by atoms with Gasteiger partial charge in [0, 0.05) is 17.4 Å². The third-order valence-corrected chi connectivity index (χ3v) is 5.54. The molecule has 26 heavy (non-hydrogen) atoms. The van der Waals surface area contributed by atoms with Gasteiger partial charge in [-0.3, -0.25) is 9.59 Å². The van der Waals surface area contributed by atoms with Crippen LogP contribution < -0.4 is 10.1 Å². The van der Waals surface area contributed by atoms with Crippen molar-refractivity contribution in [1.29, 1.82) is 0 Å². The number of amides is 1. The first-order chi connectivity index (χ1) is 12.6. The summed E-state index contributed by atoms with van der Waals surface area (Å²) in [6.07, 6.45) is 0.851. The molecule has 0 aliphatic carbocycles. The van der Waals surface area contributed by atoms with E-state index in [9.17, 15) is 9.59 Å². The SMILES string of the molecule is CC(Sc1ccccc1C(=O)NCC1CCOc2ccccc21)C(=O)O. The van der Waals surface area contributed by atoms with Crippen LogP contribution in [0.2, 0.25) is 0 Å². The molecule has 6 heteroatoms. The molecule has 0 aromatic heterocycles. The molecule has 0 saturated heterocycles. The van der Waals surface area contributed by atoms with Crippen LogP contribution in [0, 0.1) is 0 Å². The molecule has 0 saturated carbocycles. The van der Waals surface area contributed by atoms with Gasteiger partial charge in [0.25, 0.3) is 5.91 Å². The Morgan fingerprint density at radius 1 is 1.23 bits per heavy atom. The van der Waals surface area contributed by atoms with Gasteiger partial charge in [-0.2, -0.15) is 0 Å². The van der Waals surface area contributed by atoms with Crippen molar-refractivity contribution < 1.29 is 19.4 Å². The Hall–Kier alpha value is -2.47. The number of carbonyl (C=O) groups excluding carboxylic acids is 1. The maximum Gasteiger partial charge on any atom is 0.316 e. The summed E-state index contributed by atoms with van der Waals surface area (Å²) >= 11 is 1.18. The van der Waals surface area contributed by atoms with E-state index in [0.29, 0.717) is 23.6 Å². The third kappa shape index (κ3) is 4.19. The fraction of sp³-hybridized carbons (Fsp3) is 0.300. The fourth-order valence-corrected chi connectivity index (χ4v) is 3.86. The van der Waals surface area contributed by atoms with E-state index in [1.165, 1.54) is 11.8 Å². The number of carboxylic acids is 1. The number of fused-ring (bicyclic) bond motifs is 1. The zero-order valence-corrected chi connectivity index (χ0v) is 15.3. The molecule has 1 aliphatic heterocycles. The van der Waals surface area contributed by atoms with E-state index < -0.39 is 11.2 Å². The molecule has 2 atom stereocenters. The van der Waals surface area contributed by atoms with Gasteiger partial charge >= 0.3 is 5.97 Å². The smallest absolute Gasteiger partial charge is 0.316 e. The Bertz CT molecular complexity index is 808. The maximum atomic E-state index is 12.7. The van der Waals surface area contributed by atoms with E-state index in [0.717, 1.165) is 17.7 Å². The van der Waals surface area contributed by atoms with Crippen molar-refractivity contribution in [2.75, 3.05) is 13.2 Å². The Balaban J connectivity index is 1.69. The van der Waals surface area contributed by atoms with E-state index in [2.05, 4.69) is 5.32 Å². The molecule has 2 aromatic carbocycles. The molecule has 2 unspecified atom stereocenters. The number of carbonyl (C=O) groups is 2. The lowest BCUT2D eigenvalue weighted by molar-refractivity contribution is -0.136. The molecule has 0 radical (unpaired) electrons. The molecule has 136 valence electrons. The zero-order valence-electron chi connectivity index (χ0n) is 14.5. The highest BCUT2D eigenvalue weighted by Crippen LogP contribution is 2.33. The van der Waals surface area contributed by atoms with E-state index in [1.54, 1.807) is 25.1 Å². The summed E-state index contributed by atoms with van der Waals surface area (Å²) in [4.78, 5) is 24.4. The molecular formula is C20H21NO4S. The molecular weight excluding hydrogens is 350 g/mol. The normalized spacial score (nSPS) is 16.9. The van der Waals surface area contributed by atoms with Crippen LogP contribution in [0.25, 0.3) is 0 Å². The average Bonchev–Trinajstić information content (AvgIpc) is 2.66. The van der Waals surface area contributed by atoms with E-state index >= 15 is 0 Å². The topological polar surface area (TPSA) is 75.6 Å². The second-order valence-electron chi connectivity index (χ2n) is 6.18. The van der Waals surface area contributed by atoms with Crippen molar-refractivity contribution in [2.24, 2.45) is 0 Å². The predicted molar refractivity (Wildman–Crippen MR) is 101 cm³/mol. The Morgan fingerprint density at radius 3 is 2.77 bits per heavy atom. The van der Waals surface area contributed by atoms with Crippen LogP contribution in [0.4, 0.5) is 0 Å². The van der Waals surface area contributed by atoms with Crippen LogP contribution in [-0.2, 0) is 4.79 Å². The van der Waals surface area contributed by atoms with Crippen molar-refractivity contribution in [3.05, 3.63) is 59.7 Å². The van der Waals surface area contributed by atoms with Gasteiger partial charge in [0.05, 0.1) is 12.2 Å². The molecule has 2 aromatic rings. The number of aliphatic carboxylic acids is 1. The van der Waals surface area contributed by atoms with Crippen LogP contribution in [0.5, 0.6) is 5.75 Å². The lowest BCUT2D eigenvalue weighted by atomic mass is 9.93. The second-order valence-corrected chi connectivity index (χ2v) is 7.56. The van der Waals surface area contributed by atoms with Crippen molar-refractivity contribution >= 4 is 23.6 Å². The number of hydrogen-bond acceptors (Lipinski definition) is 4. The van der Waals surface area contributed by atoms with E-state index in [-0.39, 0.29) is 11.8 Å². The number of thioether (sulfide) groups is 1. The molecule has 3 rings (SSSR count). The summed E-state index contributed by atoms with van der Waals surface area (Å²) in [5.74, 6) is 0.00424. The number of hydrogen-bond donors (Lipinski definition) is 2. The largest absolute Gasteiger partial charge is 0.493 e. The molecule has 0 bridgehead atoms. The second kappa shape index (κ2) is 8.27. The van der Waals surface area contributed by atoms with Gasteiger partial charge in [-0.1, -0.05) is 30.3 Å². The van der Waals surface area contributed by atoms with E-state index in [4.69, 9.17) is 9.84 Å². The predicted octanol–water partition coefficient (Wildman–Crippen LogP) is 3.55. The minimum absolute atomic E-state index is 0.185. The highest BCUT2D eigenvalue weighted by Gasteiger charge is 2.23. The van der Waals surface area contributed by atoms with Crippen molar-refractivity contribution in [2.45, 2.75) is 29.4 Å². The minimum atomic E-state index is -0.899. The number of benzene rings is 2. The molecule has 5 nitrogen and oxygen atoms in total. The average molecular weight is 371 g/mol. The Labute approximate surface area is 156 Å². The summed E-state index contributed by atoms with van der Waals surface area (Å²) < 4.78 is 5.66. The van der Waals surface area contributed by atoms with Gasteiger partial charge in [0.15, 0.2) is 0 Å². The number of carboxylic acid groups (broad SMARTS) is 1. The lowest BCUT2D eigenvalue weighted by Crippen LogP contribution is -2.31. The first-order valence-corrected chi connectivity index (χ1v) is 9.42. The van der Waals surface area contributed by atoms with Crippen LogP contribution in [0.1, 0.15) is 35.2 Å². The number of nitrogens with one attached hydrogen (secondary N) is 1. The van der Waals surface area contributed by atoms with Gasteiger partial charge in [-0.15, -0.1) is 11.8 Å². The van der Waals surface area contributed by atoms with Gasteiger partial charge in [-0.25, -0.2) is 0 Å². The molecule has 0 fully saturated rings. The van der Waals surface area contributed by atoms with Gasteiger partial charge in [0.1, 0.15) is 11.0 Å². The first kappa shape index (κ1) is 18.3. The summed E-state index contributed by atoms with van der Waals surface area (Å²) in [6.45, 7) is 2.77. The fourth-order valence-electron chi connectivity index (χ4n) is 2.94. The molecule has 2 N–H and O–H groups in total. The quantitative estimate of drug-likeness (QED) is 0.760. The van der Waals surface area contributed by atoms with E-state index in [1.807, 2.05) is 30.3 Å². The van der Waals surface area contributed by atoms with Crippen molar-refractivity contribution in [3.8, 4) is 5.75 Å². The van der Waals surface area contributed by atoms with Crippen LogP contribution in [0.3, 0.4) is 0 Å². The van der Waals surface area contributed by atoms with Crippen molar-refractivity contribution in [1.82, 2.24) is 5.32 Å². The lowest BCUT2D eigenvalue weighted by Gasteiger charge is -2.26. The number of ether oxygens (including phenoxy) is 1. The highest BCUT2D eigenvalue weighted by atomic mass is 32.2. The molecule has 1 heterocycles. The van der Waals surface area contributed by atoms with Crippen LogP contribution >= 0.6 is 11.8 Å². The number of rotatable bonds is 6. The summed E-state index contributed by atoms with van der Waals surface area (Å²) in [6, 6.07) is 15.0. The third-order valence-electron chi connectivity index (χ3n) is 4.37. The summed E-state index contributed by atoms with van der Waals surface area (Å²) in [5, 5.41) is 11.5. The first-order valence-electron chi connectivity index (χ1n) is 8.54. The zero-order chi connectivity index (χ0) is 18.5. The number of para-hydroxylation sites is 1. The molecule has 0 spiro atoms. The molecule has 1 amide bonds. The van der Waals surface area contributed by atoms with Gasteiger partial charge < -0.3 is 15.2 Å². The van der Waals surface area contributed by atoms with Crippen LogP contribution in [0.15, 0.2) is 53.4 Å². The van der Waals surface area contributed by atoms with Crippen LogP contribution in [-0.4, -0.2) is 35.4 Å². The van der Waals surface area contributed by atoms with Gasteiger partial charge in [0.2, 0.25) is 0 Å². The highest BCUT2D eigenvalue weighted by molar-refractivity contribution is 8.00. The summed E-state index contributed by atoms with van der Waals surface area (Å²) in [5.41, 5.74) is 1.62. The standard InChI is InChI=1S/C20H21NO4S/c1-13(20(23)24)26-18-9-5-3-7-16(18)19(22)21-12-14-10-11-25-17-8-4-2-6-15(14)17/h2-9,13-14H,10-12H2,1H3,(H,21,22)(H,23,24). The monoisotopic (exact) mass is 371 g/mol. The molecule has 1 aliphatic rings.